The first kappa shape index (κ1) is 31.1. The number of rotatable bonds is 12. The van der Waals surface area contributed by atoms with Crippen LogP contribution in [0.15, 0.2) is 47.4 Å². The van der Waals surface area contributed by atoms with Gasteiger partial charge in [0.25, 0.3) is 0 Å². The molecule has 226 valence electrons. The summed E-state index contributed by atoms with van der Waals surface area (Å²) in [5.41, 5.74) is 0.165. The highest BCUT2D eigenvalue weighted by atomic mass is 32.2. The molecule has 0 aliphatic carbocycles. The second-order valence-electron chi connectivity index (χ2n) is 9.89. The molecule has 1 aliphatic rings. The number of hydrogen-bond acceptors (Lipinski definition) is 8. The number of morpholine rings is 1. The predicted octanol–water partition coefficient (Wildman–Crippen LogP) is 3.41. The van der Waals surface area contributed by atoms with Gasteiger partial charge in [0.05, 0.1) is 18.9 Å². The Labute approximate surface area is 243 Å². The lowest BCUT2D eigenvalue weighted by atomic mass is 10.1. The van der Waals surface area contributed by atoms with E-state index in [4.69, 9.17) is 9.47 Å². The molecule has 1 aromatic heterocycles. The Morgan fingerprint density at radius 3 is 2.60 bits per heavy atom. The fourth-order valence-electron chi connectivity index (χ4n) is 4.26. The monoisotopic (exact) mass is 603 g/mol. The topological polar surface area (TPSA) is 152 Å². The molecular weight excluding hydrogens is 569 g/mol. The zero-order valence-corrected chi connectivity index (χ0v) is 24.4. The minimum Gasteiger partial charge on any atom is -0.476 e. The van der Waals surface area contributed by atoms with Crippen molar-refractivity contribution in [3.8, 4) is 17.3 Å². The van der Waals surface area contributed by atoms with Gasteiger partial charge in [-0.15, -0.1) is 0 Å². The Balaban J connectivity index is 1.73. The fourth-order valence-corrected chi connectivity index (χ4v) is 5.43. The average molecular weight is 604 g/mol. The quantitative estimate of drug-likeness (QED) is 0.283. The number of sulfonamides is 1. The van der Waals surface area contributed by atoms with E-state index in [1.165, 1.54) is 43.3 Å². The molecule has 0 radical (unpaired) electrons. The number of nitrogens with one attached hydrogen (secondary N) is 2. The Morgan fingerprint density at radius 1 is 1.19 bits per heavy atom. The highest BCUT2D eigenvalue weighted by Gasteiger charge is 2.27. The lowest BCUT2D eigenvalue weighted by Crippen LogP contribution is -2.41. The number of hydrogen-bond donors (Lipinski definition) is 3. The SMILES string of the molecule is CC[C@@H](C)C(=O)Nc1ccc(Oc2c(C)c(C(=O)O)nn2-c2cccc(F)c2)c(S(=O)(=O)NCCN2CCOCC2)c1. The summed E-state index contributed by atoms with van der Waals surface area (Å²) in [4.78, 5) is 26.2. The van der Waals surface area contributed by atoms with Crippen LogP contribution in [0.25, 0.3) is 5.69 Å². The minimum atomic E-state index is -4.19. The molecule has 3 N–H and O–H groups in total. The van der Waals surface area contributed by atoms with Gasteiger partial charge in [-0.2, -0.15) is 9.78 Å². The van der Waals surface area contributed by atoms with Crippen LogP contribution >= 0.6 is 0 Å². The van der Waals surface area contributed by atoms with E-state index in [-0.39, 0.29) is 57.5 Å². The number of ether oxygens (including phenoxy) is 2. The zero-order chi connectivity index (χ0) is 30.4. The number of nitrogens with zero attached hydrogens (tertiary/aromatic N) is 3. The molecule has 3 aromatic rings. The molecule has 2 heterocycles. The number of anilines is 1. The van der Waals surface area contributed by atoms with Crippen LogP contribution in [-0.2, 0) is 19.6 Å². The first-order valence-electron chi connectivity index (χ1n) is 13.5. The van der Waals surface area contributed by atoms with Crippen LogP contribution in [0.5, 0.6) is 11.6 Å². The first-order chi connectivity index (χ1) is 20.0. The average Bonchev–Trinajstić information content (AvgIpc) is 3.29. The van der Waals surface area contributed by atoms with Crippen LogP contribution in [0.2, 0.25) is 0 Å². The van der Waals surface area contributed by atoms with Crippen molar-refractivity contribution in [3.05, 3.63) is 59.5 Å². The van der Waals surface area contributed by atoms with Gasteiger partial charge in [-0.3, -0.25) is 9.69 Å². The van der Waals surface area contributed by atoms with Crippen molar-refractivity contribution in [1.29, 1.82) is 0 Å². The van der Waals surface area contributed by atoms with Gasteiger partial charge >= 0.3 is 5.97 Å². The van der Waals surface area contributed by atoms with Gasteiger partial charge in [0.15, 0.2) is 5.69 Å². The molecule has 0 saturated carbocycles. The van der Waals surface area contributed by atoms with Crippen molar-refractivity contribution >= 4 is 27.6 Å². The van der Waals surface area contributed by atoms with E-state index in [9.17, 15) is 27.5 Å². The summed E-state index contributed by atoms with van der Waals surface area (Å²) in [6.07, 6.45) is 0.594. The predicted molar refractivity (Wildman–Crippen MR) is 152 cm³/mol. The maximum Gasteiger partial charge on any atom is 0.356 e. The summed E-state index contributed by atoms with van der Waals surface area (Å²) in [5, 5.41) is 16.5. The number of carbonyl (C=O) groups is 2. The maximum atomic E-state index is 14.1. The third-order valence-electron chi connectivity index (χ3n) is 6.91. The Morgan fingerprint density at radius 2 is 1.93 bits per heavy atom. The van der Waals surface area contributed by atoms with Gasteiger partial charge in [-0.25, -0.2) is 22.3 Å². The van der Waals surface area contributed by atoms with Crippen LogP contribution in [0, 0.1) is 18.7 Å². The van der Waals surface area contributed by atoms with Crippen molar-refractivity contribution in [1.82, 2.24) is 19.4 Å². The molecule has 0 spiro atoms. The van der Waals surface area contributed by atoms with Gasteiger partial charge in [0, 0.05) is 43.3 Å². The van der Waals surface area contributed by atoms with Gasteiger partial charge < -0.3 is 19.9 Å². The Kier molecular flexibility index (Phi) is 9.93. The summed E-state index contributed by atoms with van der Waals surface area (Å²) in [7, 11) is -4.19. The van der Waals surface area contributed by atoms with E-state index in [1.54, 1.807) is 6.92 Å². The van der Waals surface area contributed by atoms with E-state index < -0.39 is 21.8 Å². The van der Waals surface area contributed by atoms with Gasteiger partial charge in [0.2, 0.25) is 21.8 Å². The second-order valence-corrected chi connectivity index (χ2v) is 11.6. The summed E-state index contributed by atoms with van der Waals surface area (Å²) >= 11 is 0. The third-order valence-corrected chi connectivity index (χ3v) is 8.40. The van der Waals surface area contributed by atoms with E-state index in [0.29, 0.717) is 39.3 Å². The first-order valence-corrected chi connectivity index (χ1v) is 15.0. The molecule has 14 heteroatoms. The minimum absolute atomic E-state index is 0.101. The van der Waals surface area contributed by atoms with E-state index in [2.05, 4.69) is 20.0 Å². The summed E-state index contributed by atoms with van der Waals surface area (Å²) in [6.45, 7) is 8.14. The summed E-state index contributed by atoms with van der Waals surface area (Å²) in [5.74, 6) is -2.76. The molecule has 1 aliphatic heterocycles. The lowest BCUT2D eigenvalue weighted by Gasteiger charge is -2.26. The van der Waals surface area contributed by atoms with Crippen molar-refractivity contribution in [2.24, 2.45) is 5.92 Å². The smallest absolute Gasteiger partial charge is 0.356 e. The van der Waals surface area contributed by atoms with Crippen molar-refractivity contribution in [3.63, 3.8) is 0 Å². The summed E-state index contributed by atoms with van der Waals surface area (Å²) < 4.78 is 56.3. The largest absolute Gasteiger partial charge is 0.476 e. The molecule has 1 saturated heterocycles. The Bertz CT molecular complexity index is 1550. The number of carboxylic acid groups (broad SMARTS) is 1. The lowest BCUT2D eigenvalue weighted by molar-refractivity contribution is -0.119. The molecule has 0 unspecified atom stereocenters. The van der Waals surface area contributed by atoms with E-state index in [1.807, 2.05) is 6.92 Å². The highest BCUT2D eigenvalue weighted by Crippen LogP contribution is 2.35. The number of carboxylic acids is 1. The van der Waals surface area contributed by atoms with Crippen LogP contribution in [0.1, 0.15) is 36.3 Å². The number of amides is 1. The molecule has 1 fully saturated rings. The normalized spacial score (nSPS) is 14.9. The number of halogens is 1. The van der Waals surface area contributed by atoms with E-state index >= 15 is 0 Å². The molecule has 42 heavy (non-hydrogen) atoms. The van der Waals surface area contributed by atoms with Gasteiger partial charge in [0.1, 0.15) is 16.5 Å². The molecule has 0 bridgehead atoms. The van der Waals surface area contributed by atoms with Crippen molar-refractivity contribution in [2.45, 2.75) is 32.1 Å². The van der Waals surface area contributed by atoms with Crippen molar-refractivity contribution in [2.75, 3.05) is 44.7 Å². The number of benzene rings is 2. The second kappa shape index (κ2) is 13.4. The van der Waals surface area contributed by atoms with Crippen LogP contribution in [0.3, 0.4) is 0 Å². The fraction of sp³-hybridized carbons (Fsp3) is 0.393. The molecular formula is C28H34FN5O7S. The molecule has 1 atom stereocenters. The van der Waals surface area contributed by atoms with Crippen molar-refractivity contribution < 1.29 is 37.0 Å². The summed E-state index contributed by atoms with van der Waals surface area (Å²) in [6, 6.07) is 9.43. The highest BCUT2D eigenvalue weighted by molar-refractivity contribution is 7.89. The molecule has 4 rings (SSSR count). The van der Waals surface area contributed by atoms with Gasteiger partial charge in [-0.05, 0) is 49.7 Å². The van der Waals surface area contributed by atoms with E-state index in [0.717, 1.165) is 10.7 Å². The van der Waals surface area contributed by atoms with Gasteiger partial charge in [-0.1, -0.05) is 19.9 Å². The number of carbonyl (C=O) groups excluding carboxylic acids is 1. The molecule has 12 nitrogen and oxygen atoms in total. The van der Waals surface area contributed by atoms with Crippen LogP contribution in [0.4, 0.5) is 10.1 Å². The molecule has 1 amide bonds. The Hall–Kier alpha value is -3.85. The number of aromatic nitrogens is 2. The van der Waals surface area contributed by atoms with Crippen LogP contribution < -0.4 is 14.8 Å². The zero-order valence-electron chi connectivity index (χ0n) is 23.6. The third kappa shape index (κ3) is 7.31. The maximum absolute atomic E-state index is 14.1. The van der Waals surface area contributed by atoms with Crippen LogP contribution in [-0.4, -0.2) is 79.5 Å². The molecule has 2 aromatic carbocycles. The number of aromatic carboxylic acids is 1. The standard InChI is InChI=1S/C28H34FN5O7S/c1-4-18(2)26(35)31-21-8-9-23(24(17-21)42(38,39)30-10-11-33-12-14-40-15-13-33)41-27-19(3)25(28(36)37)32-34(27)22-7-5-6-20(29)16-22/h5-9,16-18,30H,4,10-15H2,1-3H3,(H,31,35)(H,36,37)/t18-/m1/s1.